The van der Waals surface area contributed by atoms with Crippen molar-refractivity contribution in [2.45, 2.75) is 6.61 Å². The number of ether oxygens (including phenoxy) is 1. The van der Waals surface area contributed by atoms with Crippen molar-refractivity contribution in [2.24, 2.45) is 0 Å². The molecule has 0 saturated carbocycles. The fourth-order valence-electron chi connectivity index (χ4n) is 2.02. The first-order valence-electron chi connectivity index (χ1n) is 6.43. The van der Waals surface area contributed by atoms with Crippen molar-refractivity contribution in [1.29, 1.82) is 0 Å². The Balaban J connectivity index is 2.10. The van der Waals surface area contributed by atoms with Crippen LogP contribution in [0.15, 0.2) is 48.8 Å². The second-order valence-electron chi connectivity index (χ2n) is 4.36. The van der Waals surface area contributed by atoms with Gasteiger partial charge in [0.1, 0.15) is 0 Å². The maximum absolute atomic E-state index is 9.32. The molecule has 6 nitrogen and oxygen atoms in total. The highest BCUT2D eigenvalue weighted by Crippen LogP contribution is 2.22. The van der Waals surface area contributed by atoms with Crippen LogP contribution in [0.25, 0.3) is 17.1 Å². The topological polar surface area (TPSA) is 73.1 Å². The van der Waals surface area contributed by atoms with Gasteiger partial charge >= 0.3 is 0 Å². The van der Waals surface area contributed by atoms with E-state index in [-0.39, 0.29) is 6.61 Å². The zero-order chi connectivity index (χ0) is 14.7. The van der Waals surface area contributed by atoms with Crippen molar-refractivity contribution in [2.75, 3.05) is 7.11 Å². The molecule has 0 atom stereocenters. The van der Waals surface area contributed by atoms with Crippen LogP contribution in [-0.2, 0) is 6.61 Å². The third-order valence-electron chi connectivity index (χ3n) is 3.02. The SMILES string of the molecule is COc1ccc(-n2nc(CO)cc2-c2ccccn2)cn1. The standard InChI is InChI=1S/C15H14N4O2/c1-21-15-6-5-12(9-17-15)19-14(8-11(10-20)18-19)13-4-2-3-7-16-13/h2-9,20H,10H2,1H3. The molecule has 0 aliphatic rings. The highest BCUT2D eigenvalue weighted by molar-refractivity contribution is 5.58. The van der Waals surface area contributed by atoms with Crippen molar-refractivity contribution in [1.82, 2.24) is 19.7 Å². The molecule has 0 radical (unpaired) electrons. The average molecular weight is 282 g/mol. The minimum Gasteiger partial charge on any atom is -0.481 e. The molecule has 0 aromatic carbocycles. The molecule has 1 N–H and O–H groups in total. The predicted octanol–water partition coefficient (Wildman–Crippen LogP) is 1.83. The normalized spacial score (nSPS) is 10.6. The van der Waals surface area contributed by atoms with Crippen LogP contribution in [0.5, 0.6) is 5.88 Å². The minimum atomic E-state index is -0.129. The summed E-state index contributed by atoms with van der Waals surface area (Å²) in [5.41, 5.74) is 2.93. The number of hydrogen-bond acceptors (Lipinski definition) is 5. The molecule has 0 unspecified atom stereocenters. The molecule has 0 fully saturated rings. The summed E-state index contributed by atoms with van der Waals surface area (Å²) < 4.78 is 6.76. The van der Waals surface area contributed by atoms with Crippen molar-refractivity contribution in [3.63, 3.8) is 0 Å². The third kappa shape index (κ3) is 2.61. The Morgan fingerprint density at radius 3 is 2.71 bits per heavy atom. The van der Waals surface area contributed by atoms with Crippen molar-refractivity contribution < 1.29 is 9.84 Å². The zero-order valence-electron chi connectivity index (χ0n) is 11.5. The van der Waals surface area contributed by atoms with E-state index in [0.717, 1.165) is 17.1 Å². The quantitative estimate of drug-likeness (QED) is 0.790. The van der Waals surface area contributed by atoms with Gasteiger partial charge in [0.25, 0.3) is 0 Å². The lowest BCUT2D eigenvalue weighted by Crippen LogP contribution is -2.01. The Labute approximate surface area is 121 Å². The summed E-state index contributed by atoms with van der Waals surface area (Å²) in [5, 5.41) is 13.7. The number of aliphatic hydroxyl groups excluding tert-OH is 1. The first kappa shape index (κ1) is 13.3. The summed E-state index contributed by atoms with van der Waals surface area (Å²) in [6, 6.07) is 11.1. The molecule has 0 aliphatic carbocycles. The van der Waals surface area contributed by atoms with Crippen LogP contribution in [0.1, 0.15) is 5.69 Å². The molecule has 21 heavy (non-hydrogen) atoms. The largest absolute Gasteiger partial charge is 0.481 e. The number of pyridine rings is 2. The maximum atomic E-state index is 9.32. The highest BCUT2D eigenvalue weighted by atomic mass is 16.5. The van der Waals surface area contributed by atoms with Gasteiger partial charge in [-0.3, -0.25) is 4.98 Å². The molecule has 0 bridgehead atoms. The maximum Gasteiger partial charge on any atom is 0.213 e. The van der Waals surface area contributed by atoms with Gasteiger partial charge in [0.2, 0.25) is 5.88 Å². The van der Waals surface area contributed by atoms with Gasteiger partial charge in [-0.2, -0.15) is 5.10 Å². The van der Waals surface area contributed by atoms with Gasteiger partial charge in [0.05, 0.1) is 42.7 Å². The number of aromatic nitrogens is 4. The van der Waals surface area contributed by atoms with Crippen LogP contribution in [-0.4, -0.2) is 32.0 Å². The van der Waals surface area contributed by atoms with Crippen LogP contribution < -0.4 is 4.74 Å². The first-order valence-corrected chi connectivity index (χ1v) is 6.43. The average Bonchev–Trinajstić information content (AvgIpc) is 3.00. The smallest absolute Gasteiger partial charge is 0.213 e. The van der Waals surface area contributed by atoms with E-state index in [1.807, 2.05) is 30.3 Å². The van der Waals surface area contributed by atoms with Crippen molar-refractivity contribution in [3.05, 3.63) is 54.5 Å². The van der Waals surface area contributed by atoms with Gasteiger partial charge in [0.15, 0.2) is 0 Å². The van der Waals surface area contributed by atoms with E-state index >= 15 is 0 Å². The van der Waals surface area contributed by atoms with Gasteiger partial charge in [-0.05, 0) is 24.3 Å². The van der Waals surface area contributed by atoms with Gasteiger partial charge in [0, 0.05) is 12.3 Å². The molecular weight excluding hydrogens is 268 g/mol. The number of methoxy groups -OCH3 is 1. The lowest BCUT2D eigenvalue weighted by atomic mass is 10.2. The fourth-order valence-corrected chi connectivity index (χ4v) is 2.02. The number of nitrogens with zero attached hydrogens (tertiary/aromatic N) is 4. The van der Waals surface area contributed by atoms with E-state index in [1.165, 1.54) is 0 Å². The van der Waals surface area contributed by atoms with Gasteiger partial charge < -0.3 is 9.84 Å². The summed E-state index contributed by atoms with van der Waals surface area (Å²) in [5.74, 6) is 0.535. The van der Waals surface area contributed by atoms with E-state index in [4.69, 9.17) is 4.74 Å². The van der Waals surface area contributed by atoms with Crippen LogP contribution in [0.4, 0.5) is 0 Å². The van der Waals surface area contributed by atoms with Crippen LogP contribution in [0, 0.1) is 0 Å². The Morgan fingerprint density at radius 2 is 2.10 bits per heavy atom. The minimum absolute atomic E-state index is 0.129. The Hall–Kier alpha value is -2.73. The Bertz CT molecular complexity index is 723. The highest BCUT2D eigenvalue weighted by Gasteiger charge is 2.12. The first-order chi connectivity index (χ1) is 10.3. The lowest BCUT2D eigenvalue weighted by molar-refractivity contribution is 0.276. The van der Waals surface area contributed by atoms with Crippen molar-refractivity contribution in [3.8, 4) is 23.0 Å². The van der Waals surface area contributed by atoms with Gasteiger partial charge in [-0.25, -0.2) is 9.67 Å². The predicted molar refractivity (Wildman–Crippen MR) is 77.1 cm³/mol. The molecule has 106 valence electrons. The summed E-state index contributed by atoms with van der Waals surface area (Å²) >= 11 is 0. The van der Waals surface area contributed by atoms with E-state index in [0.29, 0.717) is 11.6 Å². The fraction of sp³-hybridized carbons (Fsp3) is 0.133. The molecule has 6 heteroatoms. The van der Waals surface area contributed by atoms with Gasteiger partial charge in [-0.1, -0.05) is 6.07 Å². The van der Waals surface area contributed by atoms with E-state index in [9.17, 15) is 5.11 Å². The Kier molecular flexibility index (Phi) is 3.61. The molecular formula is C15H14N4O2. The van der Waals surface area contributed by atoms with E-state index in [1.54, 1.807) is 30.3 Å². The molecule has 3 heterocycles. The number of aliphatic hydroxyl groups is 1. The molecule has 0 saturated heterocycles. The summed E-state index contributed by atoms with van der Waals surface area (Å²) in [6.07, 6.45) is 3.39. The zero-order valence-corrected chi connectivity index (χ0v) is 11.5. The molecule has 0 spiro atoms. The van der Waals surface area contributed by atoms with Crippen LogP contribution in [0.2, 0.25) is 0 Å². The summed E-state index contributed by atoms with van der Waals surface area (Å²) in [7, 11) is 1.57. The molecule has 0 amide bonds. The summed E-state index contributed by atoms with van der Waals surface area (Å²) in [4.78, 5) is 8.51. The molecule has 3 rings (SSSR count). The summed E-state index contributed by atoms with van der Waals surface area (Å²) in [6.45, 7) is -0.129. The second-order valence-corrected chi connectivity index (χ2v) is 4.36. The third-order valence-corrected chi connectivity index (χ3v) is 3.02. The second kappa shape index (κ2) is 5.72. The molecule has 0 aliphatic heterocycles. The van der Waals surface area contributed by atoms with Crippen LogP contribution >= 0.6 is 0 Å². The lowest BCUT2D eigenvalue weighted by Gasteiger charge is -2.07. The van der Waals surface area contributed by atoms with E-state index < -0.39 is 0 Å². The molecule has 3 aromatic heterocycles. The van der Waals surface area contributed by atoms with Crippen LogP contribution in [0.3, 0.4) is 0 Å². The number of rotatable bonds is 4. The van der Waals surface area contributed by atoms with E-state index in [2.05, 4.69) is 15.1 Å². The molecule has 3 aromatic rings. The van der Waals surface area contributed by atoms with Crippen molar-refractivity contribution >= 4 is 0 Å². The Morgan fingerprint density at radius 1 is 1.19 bits per heavy atom. The number of hydrogen-bond donors (Lipinski definition) is 1. The monoisotopic (exact) mass is 282 g/mol. The van der Waals surface area contributed by atoms with Gasteiger partial charge in [-0.15, -0.1) is 0 Å².